The van der Waals surface area contributed by atoms with E-state index in [1.165, 1.54) is 23.0 Å². The third kappa shape index (κ3) is 7.83. The predicted molar refractivity (Wildman–Crippen MR) is 118 cm³/mol. The van der Waals surface area contributed by atoms with Crippen LogP contribution in [-0.4, -0.2) is 15.7 Å². The van der Waals surface area contributed by atoms with Crippen LogP contribution in [0.1, 0.15) is 38.2 Å². The average molecular weight is 380 g/mol. The number of hydrogen-bond donors (Lipinski definition) is 1. The van der Waals surface area contributed by atoms with Gasteiger partial charge in [-0.05, 0) is 24.3 Å². The van der Waals surface area contributed by atoms with E-state index >= 15 is 0 Å². The molecule has 0 radical (unpaired) electrons. The molecule has 0 saturated heterocycles. The van der Waals surface area contributed by atoms with Crippen LogP contribution in [0.5, 0.6) is 0 Å². The maximum absolute atomic E-state index is 12.4. The second-order valence-corrected chi connectivity index (χ2v) is 4.72. The van der Waals surface area contributed by atoms with Crippen LogP contribution in [0.2, 0.25) is 0 Å². The molecule has 148 valence electrons. The second-order valence-electron chi connectivity index (χ2n) is 4.72. The van der Waals surface area contributed by atoms with Gasteiger partial charge in [0.25, 0.3) is 5.91 Å². The van der Waals surface area contributed by atoms with Crippen LogP contribution in [0.3, 0.4) is 0 Å². The third-order valence-corrected chi connectivity index (χ3v) is 3.01. The highest BCUT2D eigenvalue weighted by molar-refractivity contribution is 5.93. The van der Waals surface area contributed by atoms with Gasteiger partial charge in [-0.2, -0.15) is 5.10 Å². The van der Waals surface area contributed by atoms with E-state index in [9.17, 15) is 9.59 Å². The summed E-state index contributed by atoms with van der Waals surface area (Å²) in [6, 6.07) is 10.5. The maximum atomic E-state index is 12.4. The van der Waals surface area contributed by atoms with Crippen molar-refractivity contribution in [2.24, 2.45) is 0 Å². The van der Waals surface area contributed by atoms with Gasteiger partial charge in [0.05, 0.1) is 5.69 Å². The highest BCUT2D eigenvalue weighted by atomic mass is 16.2. The lowest BCUT2D eigenvalue weighted by Gasteiger charge is -2.08. The first-order chi connectivity index (χ1) is 13.7. The zero-order valence-electron chi connectivity index (χ0n) is 17.1. The van der Waals surface area contributed by atoms with Gasteiger partial charge in [-0.25, -0.2) is 4.68 Å². The van der Waals surface area contributed by atoms with Crippen molar-refractivity contribution in [3.63, 3.8) is 0 Å². The van der Waals surface area contributed by atoms with Crippen molar-refractivity contribution in [3.05, 3.63) is 108 Å². The van der Waals surface area contributed by atoms with Crippen LogP contribution in [0.4, 0.5) is 0 Å². The van der Waals surface area contributed by atoms with E-state index in [0.29, 0.717) is 5.70 Å². The van der Waals surface area contributed by atoms with Crippen molar-refractivity contribution in [2.75, 3.05) is 0 Å². The van der Waals surface area contributed by atoms with Gasteiger partial charge < -0.3 is 5.32 Å². The lowest BCUT2D eigenvalue weighted by atomic mass is 10.3. The van der Waals surface area contributed by atoms with Crippen molar-refractivity contribution in [1.82, 2.24) is 15.1 Å². The summed E-state index contributed by atoms with van der Waals surface area (Å²) in [6.07, 6.45) is 9.54. The highest BCUT2D eigenvalue weighted by Crippen LogP contribution is 2.04. The molecule has 5 nitrogen and oxygen atoms in total. The summed E-state index contributed by atoms with van der Waals surface area (Å²) in [5.74, 6) is -0.591. The van der Waals surface area contributed by atoms with Crippen LogP contribution in [0.15, 0.2) is 96.6 Å². The first-order valence-corrected chi connectivity index (χ1v) is 9.24. The topological polar surface area (TPSA) is 64.0 Å². The van der Waals surface area contributed by atoms with Crippen LogP contribution in [0, 0.1) is 0 Å². The first kappa shape index (κ1) is 24.5. The van der Waals surface area contributed by atoms with Gasteiger partial charge in [0.1, 0.15) is 0 Å². The number of carbonyl (C=O) groups excluding carboxylic acids is 1. The van der Waals surface area contributed by atoms with Gasteiger partial charge in [-0.15, -0.1) is 0 Å². The number of benzene rings is 1. The molecule has 0 unspecified atom stereocenters. The predicted octanol–water partition coefficient (Wildman–Crippen LogP) is 4.83. The van der Waals surface area contributed by atoms with Gasteiger partial charge in [-0.1, -0.05) is 77.3 Å². The third-order valence-electron chi connectivity index (χ3n) is 3.01. The largest absolute Gasteiger partial charge is 0.320 e. The zero-order valence-corrected chi connectivity index (χ0v) is 17.1. The molecule has 0 atom stereocenters. The highest BCUT2D eigenvalue weighted by Gasteiger charge is 2.13. The van der Waals surface area contributed by atoms with E-state index in [1.807, 2.05) is 58.0 Å². The molecule has 1 amide bonds. The van der Waals surface area contributed by atoms with Crippen molar-refractivity contribution in [3.8, 4) is 5.69 Å². The number of hydrogen-bond acceptors (Lipinski definition) is 3. The van der Waals surface area contributed by atoms with E-state index in [-0.39, 0.29) is 5.69 Å². The lowest BCUT2D eigenvalue weighted by Crippen LogP contribution is -2.30. The Hall–Kier alpha value is -3.47. The van der Waals surface area contributed by atoms with Gasteiger partial charge >= 0.3 is 0 Å². The molecule has 0 bridgehead atoms. The Morgan fingerprint density at radius 2 is 1.68 bits per heavy atom. The lowest BCUT2D eigenvalue weighted by molar-refractivity contribution is 0.0959. The van der Waals surface area contributed by atoms with Gasteiger partial charge in [0.15, 0.2) is 5.69 Å². The maximum Gasteiger partial charge on any atom is 0.280 e. The number of rotatable bonds is 6. The Labute approximate surface area is 167 Å². The fraction of sp³-hybridized carbons (Fsp3) is 0.174. The number of amides is 1. The Morgan fingerprint density at radius 1 is 1.04 bits per heavy atom. The quantitative estimate of drug-likeness (QED) is 0.731. The molecular formula is C23H29N3O2. The van der Waals surface area contributed by atoms with Crippen LogP contribution in [0.25, 0.3) is 5.69 Å². The molecule has 0 spiro atoms. The molecule has 2 rings (SSSR count). The molecule has 1 N–H and O–H groups in total. The number of carbonyl (C=O) groups is 1. The first-order valence-electron chi connectivity index (χ1n) is 9.24. The molecular weight excluding hydrogens is 350 g/mol. The summed E-state index contributed by atoms with van der Waals surface area (Å²) < 4.78 is 1.48. The summed E-state index contributed by atoms with van der Waals surface area (Å²) in [5, 5.41) is 6.76. The molecule has 0 fully saturated rings. The molecule has 5 heteroatoms. The average Bonchev–Trinajstić information content (AvgIpc) is 2.76. The summed E-state index contributed by atoms with van der Waals surface area (Å²) in [4.78, 5) is 24.4. The minimum atomic E-state index is -0.591. The molecule has 0 saturated carbocycles. The molecule has 1 aromatic heterocycles. The van der Waals surface area contributed by atoms with E-state index in [1.54, 1.807) is 24.3 Å². The minimum absolute atomic E-state index is 0.191. The van der Waals surface area contributed by atoms with Crippen molar-refractivity contribution >= 4 is 5.91 Å². The van der Waals surface area contributed by atoms with E-state index < -0.39 is 11.3 Å². The SMILES string of the molecule is C=C/C=C\C(=C/C=C)NC(=O)c1nn(-c2ccccc2)ccc1=O.CC.CC. The van der Waals surface area contributed by atoms with Crippen molar-refractivity contribution < 1.29 is 4.79 Å². The zero-order chi connectivity index (χ0) is 21.4. The van der Waals surface area contributed by atoms with Crippen molar-refractivity contribution in [1.29, 1.82) is 0 Å². The number of nitrogens with zero attached hydrogens (tertiary/aromatic N) is 2. The molecule has 1 heterocycles. The molecule has 28 heavy (non-hydrogen) atoms. The monoisotopic (exact) mass is 379 g/mol. The normalized spacial score (nSPS) is 10.1. The molecule has 2 aromatic rings. The van der Waals surface area contributed by atoms with E-state index in [4.69, 9.17) is 0 Å². The van der Waals surface area contributed by atoms with E-state index in [2.05, 4.69) is 23.6 Å². The summed E-state index contributed by atoms with van der Waals surface area (Å²) in [5.41, 5.74) is 0.583. The standard InChI is InChI=1S/C19H17N3O2.2C2H6/c1-3-5-10-15(9-4-2)20-19(24)18-17(23)13-14-22(21-18)16-11-7-6-8-12-16;2*1-2/h3-14H,1-2H2,(H,20,24);2*1-2H3/b10-5-,15-9+;;. The Morgan fingerprint density at radius 3 is 2.25 bits per heavy atom. The Kier molecular flexibility index (Phi) is 12.9. The second kappa shape index (κ2) is 14.7. The van der Waals surface area contributed by atoms with Gasteiger partial charge in [0.2, 0.25) is 5.43 Å². The Bertz CT molecular complexity index is 863. The number of para-hydroxylation sites is 1. The smallest absolute Gasteiger partial charge is 0.280 e. The molecule has 0 aliphatic carbocycles. The van der Waals surface area contributed by atoms with Crippen LogP contribution >= 0.6 is 0 Å². The van der Waals surface area contributed by atoms with Crippen molar-refractivity contribution in [2.45, 2.75) is 27.7 Å². The molecule has 0 aliphatic heterocycles. The van der Waals surface area contributed by atoms with E-state index in [0.717, 1.165) is 5.69 Å². The number of aromatic nitrogens is 2. The minimum Gasteiger partial charge on any atom is -0.320 e. The van der Waals surface area contributed by atoms with Gasteiger partial charge in [-0.3, -0.25) is 9.59 Å². The molecule has 1 aromatic carbocycles. The fourth-order valence-corrected chi connectivity index (χ4v) is 1.92. The fourth-order valence-electron chi connectivity index (χ4n) is 1.92. The summed E-state index contributed by atoms with van der Waals surface area (Å²) in [6.45, 7) is 15.2. The molecule has 0 aliphatic rings. The summed E-state index contributed by atoms with van der Waals surface area (Å²) >= 11 is 0. The number of allylic oxidation sites excluding steroid dienone is 5. The van der Waals surface area contributed by atoms with Crippen LogP contribution in [-0.2, 0) is 0 Å². The summed E-state index contributed by atoms with van der Waals surface area (Å²) in [7, 11) is 0. The Balaban J connectivity index is 0.00000171. The van der Waals surface area contributed by atoms with Gasteiger partial charge in [0, 0.05) is 18.0 Å². The number of nitrogens with one attached hydrogen (secondary N) is 1. The van der Waals surface area contributed by atoms with Crippen LogP contribution < -0.4 is 10.7 Å².